The summed E-state index contributed by atoms with van der Waals surface area (Å²) >= 11 is 2.58. The van der Waals surface area contributed by atoms with Crippen LogP contribution in [0.1, 0.15) is 40.7 Å². The Morgan fingerprint density at radius 1 is 1.11 bits per heavy atom. The highest BCUT2D eigenvalue weighted by molar-refractivity contribution is 8.00. The molecule has 1 unspecified atom stereocenters. The summed E-state index contributed by atoms with van der Waals surface area (Å²) in [5, 5.41) is 21.4. The van der Waals surface area contributed by atoms with E-state index in [1.165, 1.54) is 23.1 Å². The number of thioether (sulfide) groups is 1. The van der Waals surface area contributed by atoms with Gasteiger partial charge in [-0.3, -0.25) is 9.36 Å². The number of nitrogens with one attached hydrogen (secondary N) is 1. The van der Waals surface area contributed by atoms with Crippen LogP contribution in [0.5, 0.6) is 0 Å². The average Bonchev–Trinajstić information content (AvgIpc) is 3.41. The van der Waals surface area contributed by atoms with Crippen LogP contribution < -0.4 is 5.32 Å². The lowest BCUT2D eigenvalue weighted by atomic mass is 10.2. The van der Waals surface area contributed by atoms with Crippen molar-refractivity contribution >= 4 is 43.8 Å². The summed E-state index contributed by atoms with van der Waals surface area (Å²) in [5.74, 6) is -0.349. The van der Waals surface area contributed by atoms with Gasteiger partial charge in [0.05, 0.1) is 15.7 Å². The zero-order chi connectivity index (χ0) is 27.4. The molecule has 2 aromatic heterocycles. The van der Waals surface area contributed by atoms with Gasteiger partial charge in [0.2, 0.25) is 5.91 Å². The molecule has 0 saturated heterocycles. The van der Waals surface area contributed by atoms with E-state index in [2.05, 4.69) is 21.6 Å². The van der Waals surface area contributed by atoms with Gasteiger partial charge in [-0.1, -0.05) is 54.6 Å². The molecule has 4 aromatic rings. The number of para-hydroxylation sites is 1. The van der Waals surface area contributed by atoms with Crippen molar-refractivity contribution in [2.75, 3.05) is 5.32 Å². The van der Waals surface area contributed by atoms with Crippen molar-refractivity contribution in [1.82, 2.24) is 14.8 Å². The van der Waals surface area contributed by atoms with E-state index in [4.69, 9.17) is 0 Å². The second-order valence-electron chi connectivity index (χ2n) is 8.75. The third-order valence-electron chi connectivity index (χ3n) is 6.06. The largest absolute Gasteiger partial charge is 0.316 e. The molecule has 0 fully saturated rings. The summed E-state index contributed by atoms with van der Waals surface area (Å²) in [6.45, 7) is 7.56. The predicted octanol–water partition coefficient (Wildman–Crippen LogP) is 5.61. The topological polar surface area (TPSA) is 118 Å². The van der Waals surface area contributed by atoms with E-state index in [-0.39, 0.29) is 22.4 Å². The molecule has 4 rings (SSSR count). The monoisotopic (exact) mass is 565 g/mol. The Bertz CT molecular complexity index is 1600. The standard InChI is InChI=1S/C27H27N5O3S3/c1-5-23(25(33)29-26-22(15-28)18(3)19(4)36-26)37-27-31-30-24(32(27)20-9-7-6-8-10-20)16-38(34,35)21-13-11-17(2)12-14-21/h6-14,23H,5,16H2,1-4H3,(H,29,33). The first-order valence-electron chi connectivity index (χ1n) is 11.9. The van der Waals surface area contributed by atoms with Crippen LogP contribution in [-0.4, -0.2) is 34.3 Å². The van der Waals surface area contributed by atoms with Crippen LogP contribution in [0, 0.1) is 32.1 Å². The van der Waals surface area contributed by atoms with Crippen molar-refractivity contribution in [3.8, 4) is 11.8 Å². The Morgan fingerprint density at radius 3 is 2.42 bits per heavy atom. The molecule has 8 nitrogen and oxygen atoms in total. The van der Waals surface area contributed by atoms with E-state index in [0.717, 1.165) is 16.0 Å². The third-order valence-corrected chi connectivity index (χ3v) is 10.1. The molecule has 0 bridgehead atoms. The smallest absolute Gasteiger partial charge is 0.238 e. The molecule has 0 aliphatic heterocycles. The number of aryl methyl sites for hydroxylation is 2. The molecule has 0 aliphatic carbocycles. The van der Waals surface area contributed by atoms with Crippen LogP contribution in [0.3, 0.4) is 0 Å². The number of carbonyl (C=O) groups is 1. The van der Waals surface area contributed by atoms with Crippen LogP contribution >= 0.6 is 23.1 Å². The maximum Gasteiger partial charge on any atom is 0.238 e. The molecule has 196 valence electrons. The summed E-state index contributed by atoms with van der Waals surface area (Å²) in [6.07, 6.45) is 0.486. The van der Waals surface area contributed by atoms with Gasteiger partial charge >= 0.3 is 0 Å². The van der Waals surface area contributed by atoms with E-state index in [0.29, 0.717) is 27.8 Å². The SMILES string of the molecule is CCC(Sc1nnc(CS(=O)(=O)c2ccc(C)cc2)n1-c1ccccc1)C(=O)Nc1sc(C)c(C)c1C#N. The number of carbonyl (C=O) groups excluding carboxylic acids is 1. The van der Waals surface area contributed by atoms with Crippen molar-refractivity contribution in [2.45, 2.75) is 55.2 Å². The highest BCUT2D eigenvalue weighted by Gasteiger charge is 2.27. The van der Waals surface area contributed by atoms with Gasteiger partial charge in [-0.2, -0.15) is 5.26 Å². The van der Waals surface area contributed by atoms with Gasteiger partial charge in [0.15, 0.2) is 20.8 Å². The highest BCUT2D eigenvalue weighted by atomic mass is 32.2. The van der Waals surface area contributed by atoms with Gasteiger partial charge < -0.3 is 5.32 Å². The van der Waals surface area contributed by atoms with Crippen LogP contribution in [-0.2, 0) is 20.4 Å². The molecule has 0 aliphatic rings. The van der Waals surface area contributed by atoms with Crippen molar-refractivity contribution in [3.05, 3.63) is 82.0 Å². The fraction of sp³-hybridized carbons (Fsp3) is 0.259. The molecule has 1 atom stereocenters. The minimum atomic E-state index is -3.69. The van der Waals surface area contributed by atoms with E-state index in [1.54, 1.807) is 28.8 Å². The molecular formula is C27H27N5O3S3. The molecule has 38 heavy (non-hydrogen) atoms. The number of benzene rings is 2. The quantitative estimate of drug-likeness (QED) is 0.262. The molecule has 1 N–H and O–H groups in total. The summed E-state index contributed by atoms with van der Waals surface area (Å²) < 4.78 is 28.1. The second-order valence-corrected chi connectivity index (χ2v) is 13.1. The number of nitrogens with zero attached hydrogens (tertiary/aromatic N) is 4. The van der Waals surface area contributed by atoms with E-state index in [1.807, 2.05) is 58.0 Å². The summed E-state index contributed by atoms with van der Waals surface area (Å²) in [6, 6.07) is 18.1. The average molecular weight is 566 g/mol. The number of hydrogen-bond acceptors (Lipinski definition) is 8. The van der Waals surface area contributed by atoms with Gasteiger partial charge in [0.25, 0.3) is 0 Å². The third kappa shape index (κ3) is 5.83. The van der Waals surface area contributed by atoms with Crippen molar-refractivity contribution in [1.29, 1.82) is 5.26 Å². The minimum Gasteiger partial charge on any atom is -0.316 e. The van der Waals surface area contributed by atoms with Gasteiger partial charge in [0.1, 0.15) is 16.8 Å². The lowest BCUT2D eigenvalue weighted by molar-refractivity contribution is -0.115. The van der Waals surface area contributed by atoms with Crippen LogP contribution in [0.2, 0.25) is 0 Å². The number of anilines is 1. The number of sulfone groups is 1. The Hall–Kier alpha value is -3.46. The Kier molecular flexibility index (Phi) is 8.35. The Balaban J connectivity index is 1.65. The Labute approximate surface area is 230 Å². The summed E-state index contributed by atoms with van der Waals surface area (Å²) in [5.41, 5.74) is 2.99. The number of rotatable bonds is 9. The van der Waals surface area contributed by atoms with Gasteiger partial charge in [0, 0.05) is 10.6 Å². The van der Waals surface area contributed by atoms with Crippen LogP contribution in [0.15, 0.2) is 64.6 Å². The number of thiophene rings is 1. The van der Waals surface area contributed by atoms with E-state index < -0.39 is 15.1 Å². The molecule has 0 spiro atoms. The first kappa shape index (κ1) is 27.6. The van der Waals surface area contributed by atoms with Crippen molar-refractivity contribution in [3.63, 3.8) is 0 Å². The maximum atomic E-state index is 13.2. The molecule has 1 amide bonds. The minimum absolute atomic E-state index is 0.209. The van der Waals surface area contributed by atoms with Crippen LogP contribution in [0.4, 0.5) is 5.00 Å². The molecule has 2 aromatic carbocycles. The van der Waals surface area contributed by atoms with Gasteiger partial charge in [-0.05, 0) is 57.0 Å². The molecular weight excluding hydrogens is 539 g/mol. The van der Waals surface area contributed by atoms with Gasteiger partial charge in [-0.25, -0.2) is 8.42 Å². The maximum absolute atomic E-state index is 13.2. The first-order valence-corrected chi connectivity index (χ1v) is 15.3. The van der Waals surface area contributed by atoms with Crippen molar-refractivity contribution < 1.29 is 13.2 Å². The first-order chi connectivity index (χ1) is 18.1. The number of nitriles is 1. The lowest BCUT2D eigenvalue weighted by Crippen LogP contribution is -2.25. The molecule has 0 radical (unpaired) electrons. The fourth-order valence-corrected chi connectivity index (χ4v) is 7.05. The van der Waals surface area contributed by atoms with Gasteiger partial charge in [-0.15, -0.1) is 21.5 Å². The molecule has 0 saturated carbocycles. The molecule has 11 heteroatoms. The fourth-order valence-electron chi connectivity index (χ4n) is 3.80. The predicted molar refractivity (Wildman–Crippen MR) is 151 cm³/mol. The lowest BCUT2D eigenvalue weighted by Gasteiger charge is -2.15. The normalized spacial score (nSPS) is 12.2. The Morgan fingerprint density at radius 2 is 1.79 bits per heavy atom. The molecule has 2 heterocycles. The highest BCUT2D eigenvalue weighted by Crippen LogP contribution is 2.34. The van der Waals surface area contributed by atoms with E-state index >= 15 is 0 Å². The number of amides is 1. The zero-order valence-electron chi connectivity index (χ0n) is 21.4. The zero-order valence-corrected chi connectivity index (χ0v) is 23.9. The van der Waals surface area contributed by atoms with Crippen molar-refractivity contribution in [2.24, 2.45) is 0 Å². The van der Waals surface area contributed by atoms with E-state index in [9.17, 15) is 18.5 Å². The van der Waals surface area contributed by atoms with Crippen LogP contribution in [0.25, 0.3) is 5.69 Å². The number of hydrogen-bond donors (Lipinski definition) is 1. The second kappa shape index (κ2) is 11.5. The number of aromatic nitrogens is 3. The summed E-state index contributed by atoms with van der Waals surface area (Å²) in [7, 11) is -3.69. The summed E-state index contributed by atoms with van der Waals surface area (Å²) in [4.78, 5) is 14.4.